The summed E-state index contributed by atoms with van der Waals surface area (Å²) >= 11 is 5.90. The summed E-state index contributed by atoms with van der Waals surface area (Å²) in [5, 5.41) is 10.2. The monoisotopic (exact) mass is 296 g/mol. The van der Waals surface area contributed by atoms with Crippen LogP contribution in [0.5, 0.6) is 5.75 Å². The molecule has 1 unspecified atom stereocenters. The first kappa shape index (κ1) is 14.1. The van der Waals surface area contributed by atoms with Gasteiger partial charge in [0.1, 0.15) is 11.4 Å². The topological polar surface area (TPSA) is 103 Å². The van der Waals surface area contributed by atoms with Crippen molar-refractivity contribution in [3.8, 4) is 5.75 Å². The number of amides is 1. The van der Waals surface area contributed by atoms with Crippen LogP contribution in [0.4, 0.5) is 11.5 Å². The number of methoxy groups -OCH3 is 1. The second-order valence-corrected chi connectivity index (χ2v) is 4.53. The molecule has 7 nitrogen and oxygen atoms in total. The summed E-state index contributed by atoms with van der Waals surface area (Å²) in [4.78, 5) is 12.2. The third-order valence-electron chi connectivity index (χ3n) is 2.76. The number of aromatic nitrogens is 2. The van der Waals surface area contributed by atoms with Gasteiger partial charge in [-0.05, 0) is 30.3 Å². The highest BCUT2D eigenvalue weighted by Crippen LogP contribution is 2.29. The number of halogens is 1. The van der Waals surface area contributed by atoms with E-state index in [1.54, 1.807) is 25.1 Å². The molecule has 106 valence electrons. The maximum atomic E-state index is 12.2. The highest BCUT2D eigenvalue weighted by atomic mass is 35.5. The van der Waals surface area contributed by atoms with Gasteiger partial charge < -0.3 is 15.8 Å². The van der Waals surface area contributed by atoms with E-state index >= 15 is 0 Å². The molecule has 2 rings (SSSR count). The molecule has 1 aromatic carbocycles. The summed E-state index contributed by atoms with van der Waals surface area (Å²) < 4.78 is 9.63. The van der Waals surface area contributed by atoms with E-state index in [-0.39, 0.29) is 17.4 Å². The second kappa shape index (κ2) is 5.79. The number of nitrogens with zero attached hydrogens (tertiary/aromatic N) is 2. The van der Waals surface area contributed by atoms with Crippen LogP contribution in [-0.4, -0.2) is 23.3 Å². The molecule has 3 N–H and O–H groups in total. The minimum atomic E-state index is -0.620. The van der Waals surface area contributed by atoms with Crippen molar-refractivity contribution in [1.82, 2.24) is 10.3 Å². The predicted molar refractivity (Wildman–Crippen MR) is 73.8 cm³/mol. The Balaban J connectivity index is 2.20. The van der Waals surface area contributed by atoms with E-state index in [0.29, 0.717) is 16.5 Å². The molecule has 0 spiro atoms. The molecular formula is C12H13ClN4O3. The van der Waals surface area contributed by atoms with Crippen LogP contribution in [0.25, 0.3) is 0 Å². The van der Waals surface area contributed by atoms with Gasteiger partial charge in [0.05, 0.1) is 18.7 Å². The number of carbonyl (C=O) groups is 1. The minimum Gasteiger partial charge on any atom is -0.495 e. The molecule has 0 saturated carbocycles. The molecule has 1 atom stereocenters. The fourth-order valence-electron chi connectivity index (χ4n) is 1.65. The van der Waals surface area contributed by atoms with Crippen LogP contribution in [0.2, 0.25) is 5.02 Å². The lowest BCUT2D eigenvalue weighted by molar-refractivity contribution is -0.117. The van der Waals surface area contributed by atoms with Crippen molar-refractivity contribution < 1.29 is 14.2 Å². The summed E-state index contributed by atoms with van der Waals surface area (Å²) in [5.74, 6) is -0.357. The Morgan fingerprint density at radius 1 is 1.50 bits per heavy atom. The summed E-state index contributed by atoms with van der Waals surface area (Å²) in [6, 6.07) is 4.92. The highest BCUT2D eigenvalue weighted by Gasteiger charge is 2.23. The van der Waals surface area contributed by atoms with Crippen LogP contribution in [0, 0.1) is 0 Å². The van der Waals surface area contributed by atoms with Gasteiger partial charge in [-0.2, -0.15) is 0 Å². The highest BCUT2D eigenvalue weighted by molar-refractivity contribution is 6.31. The lowest BCUT2D eigenvalue weighted by atomic mass is 10.1. The van der Waals surface area contributed by atoms with Crippen molar-refractivity contribution in [3.05, 3.63) is 28.9 Å². The maximum Gasteiger partial charge on any atom is 0.233 e. The third kappa shape index (κ3) is 2.83. The lowest BCUT2D eigenvalue weighted by Gasteiger charge is -2.13. The molecule has 1 aromatic heterocycles. The van der Waals surface area contributed by atoms with Gasteiger partial charge in [-0.3, -0.25) is 4.79 Å². The molecule has 1 heterocycles. The molecule has 0 fully saturated rings. The molecule has 8 heteroatoms. The van der Waals surface area contributed by atoms with E-state index in [9.17, 15) is 4.79 Å². The van der Waals surface area contributed by atoms with Gasteiger partial charge in [-0.25, -0.2) is 4.63 Å². The van der Waals surface area contributed by atoms with Crippen molar-refractivity contribution in [1.29, 1.82) is 0 Å². The molecule has 20 heavy (non-hydrogen) atoms. The average Bonchev–Trinajstić information content (AvgIpc) is 2.84. The smallest absolute Gasteiger partial charge is 0.233 e. The number of anilines is 2. The number of carbonyl (C=O) groups excluding carboxylic acids is 1. The third-order valence-corrected chi connectivity index (χ3v) is 3.00. The van der Waals surface area contributed by atoms with Crippen LogP contribution in [0.3, 0.4) is 0 Å². The standard InChI is InChI=1S/C12H13ClN4O3/c1-6(10-11(14)17-20-16-10)12(18)15-8-5-7(13)3-4-9(8)19-2/h3-6H,1-2H3,(H2,14,17)(H,15,18). The Hall–Kier alpha value is -2.28. The molecule has 0 aliphatic heterocycles. The largest absolute Gasteiger partial charge is 0.495 e. The SMILES string of the molecule is COc1ccc(Cl)cc1NC(=O)C(C)c1nonc1N. The van der Waals surface area contributed by atoms with E-state index in [2.05, 4.69) is 20.3 Å². The molecule has 1 amide bonds. The van der Waals surface area contributed by atoms with Gasteiger partial charge in [0, 0.05) is 5.02 Å². The van der Waals surface area contributed by atoms with E-state index in [1.165, 1.54) is 7.11 Å². The number of nitrogen functional groups attached to an aromatic ring is 1. The molecule has 0 bridgehead atoms. The molecule has 0 aliphatic carbocycles. The van der Waals surface area contributed by atoms with Gasteiger partial charge >= 0.3 is 0 Å². The van der Waals surface area contributed by atoms with Crippen molar-refractivity contribution >= 4 is 29.0 Å². The quantitative estimate of drug-likeness (QED) is 0.895. The molecule has 0 aliphatic rings. The van der Waals surface area contributed by atoms with Gasteiger partial charge in [0.15, 0.2) is 5.82 Å². The lowest BCUT2D eigenvalue weighted by Crippen LogP contribution is -2.20. The van der Waals surface area contributed by atoms with Gasteiger partial charge in [-0.15, -0.1) is 0 Å². The first-order valence-electron chi connectivity index (χ1n) is 5.75. The number of rotatable bonds is 4. The molecule has 2 aromatic rings. The van der Waals surface area contributed by atoms with Gasteiger partial charge in [0.25, 0.3) is 0 Å². The predicted octanol–water partition coefficient (Wildman–Crippen LogP) is 2.06. The van der Waals surface area contributed by atoms with Crippen molar-refractivity contribution in [2.24, 2.45) is 0 Å². The first-order valence-corrected chi connectivity index (χ1v) is 6.13. The Kier molecular flexibility index (Phi) is 4.09. The van der Waals surface area contributed by atoms with Crippen LogP contribution in [-0.2, 0) is 4.79 Å². The zero-order chi connectivity index (χ0) is 14.7. The zero-order valence-electron chi connectivity index (χ0n) is 10.9. The Labute approximate surface area is 120 Å². The summed E-state index contributed by atoms with van der Waals surface area (Å²) in [7, 11) is 1.50. The number of nitrogens with one attached hydrogen (secondary N) is 1. The van der Waals surface area contributed by atoms with Crippen LogP contribution >= 0.6 is 11.6 Å². The average molecular weight is 297 g/mol. The van der Waals surface area contributed by atoms with Crippen LogP contribution < -0.4 is 15.8 Å². The molecule has 0 saturated heterocycles. The Morgan fingerprint density at radius 2 is 2.25 bits per heavy atom. The van der Waals surface area contributed by atoms with E-state index in [0.717, 1.165) is 0 Å². The molecule has 0 radical (unpaired) electrons. The van der Waals surface area contributed by atoms with Gasteiger partial charge in [0.2, 0.25) is 5.91 Å². The molecular weight excluding hydrogens is 284 g/mol. The Morgan fingerprint density at radius 3 is 2.85 bits per heavy atom. The fraction of sp³-hybridized carbons (Fsp3) is 0.250. The number of nitrogens with two attached hydrogens (primary N) is 1. The van der Waals surface area contributed by atoms with Crippen molar-refractivity contribution in [2.45, 2.75) is 12.8 Å². The zero-order valence-corrected chi connectivity index (χ0v) is 11.6. The van der Waals surface area contributed by atoms with Crippen molar-refractivity contribution in [3.63, 3.8) is 0 Å². The van der Waals surface area contributed by atoms with Crippen LogP contribution in [0.1, 0.15) is 18.5 Å². The van der Waals surface area contributed by atoms with E-state index in [4.69, 9.17) is 22.1 Å². The maximum absolute atomic E-state index is 12.2. The number of hydrogen-bond donors (Lipinski definition) is 2. The summed E-state index contributed by atoms with van der Waals surface area (Å²) in [6.07, 6.45) is 0. The number of benzene rings is 1. The normalized spacial score (nSPS) is 11.9. The Bertz CT molecular complexity index is 629. The summed E-state index contributed by atoms with van der Waals surface area (Å²) in [6.45, 7) is 1.64. The van der Waals surface area contributed by atoms with Gasteiger partial charge in [-0.1, -0.05) is 16.8 Å². The second-order valence-electron chi connectivity index (χ2n) is 4.09. The minimum absolute atomic E-state index is 0.0886. The van der Waals surface area contributed by atoms with E-state index < -0.39 is 5.92 Å². The van der Waals surface area contributed by atoms with Crippen LogP contribution in [0.15, 0.2) is 22.8 Å². The van der Waals surface area contributed by atoms with Crippen molar-refractivity contribution in [2.75, 3.05) is 18.2 Å². The number of ether oxygens (including phenoxy) is 1. The van der Waals surface area contributed by atoms with E-state index in [1.807, 2.05) is 0 Å². The fourth-order valence-corrected chi connectivity index (χ4v) is 1.82. The number of hydrogen-bond acceptors (Lipinski definition) is 6. The first-order chi connectivity index (χ1) is 9.52. The summed E-state index contributed by atoms with van der Waals surface area (Å²) in [5.41, 5.74) is 6.31.